The SMILES string of the molecule is COC(=O)C(Oc1cc(C=Nn2cc(C)nc2N)ccc1OC)c1ccccc1. The molecule has 1 atom stereocenters. The van der Waals surface area contributed by atoms with E-state index >= 15 is 0 Å². The number of methoxy groups -OCH3 is 2. The molecule has 0 aliphatic carbocycles. The molecule has 0 radical (unpaired) electrons. The van der Waals surface area contributed by atoms with Crippen molar-refractivity contribution in [2.45, 2.75) is 13.0 Å². The summed E-state index contributed by atoms with van der Waals surface area (Å²) in [6.07, 6.45) is 2.39. The Morgan fingerprint density at radius 2 is 1.93 bits per heavy atom. The monoisotopic (exact) mass is 394 g/mol. The number of nitrogens with zero attached hydrogens (tertiary/aromatic N) is 3. The van der Waals surface area contributed by atoms with Gasteiger partial charge in [-0.25, -0.2) is 14.5 Å². The molecule has 0 fully saturated rings. The predicted molar refractivity (Wildman–Crippen MR) is 109 cm³/mol. The number of ether oxygens (including phenoxy) is 3. The van der Waals surface area contributed by atoms with Gasteiger partial charge in [-0.2, -0.15) is 5.10 Å². The number of nitrogen functional groups attached to an aromatic ring is 1. The molecule has 3 aromatic rings. The summed E-state index contributed by atoms with van der Waals surface area (Å²) in [5.74, 6) is 0.632. The van der Waals surface area contributed by atoms with Crippen LogP contribution in [0.2, 0.25) is 0 Å². The number of aromatic nitrogens is 2. The summed E-state index contributed by atoms with van der Waals surface area (Å²) < 4.78 is 17.8. The Kier molecular flexibility index (Phi) is 6.13. The van der Waals surface area contributed by atoms with Crippen molar-refractivity contribution >= 4 is 18.1 Å². The molecule has 0 saturated carbocycles. The lowest BCUT2D eigenvalue weighted by molar-refractivity contribution is -0.149. The molecular formula is C21H22N4O4. The Balaban J connectivity index is 1.91. The van der Waals surface area contributed by atoms with Crippen LogP contribution in [0.5, 0.6) is 11.5 Å². The molecule has 1 heterocycles. The summed E-state index contributed by atoms with van der Waals surface area (Å²) in [5, 5.41) is 4.30. The highest BCUT2D eigenvalue weighted by Gasteiger charge is 2.25. The average molecular weight is 394 g/mol. The molecule has 0 saturated heterocycles. The minimum Gasteiger partial charge on any atom is -0.493 e. The molecular weight excluding hydrogens is 372 g/mol. The quantitative estimate of drug-likeness (QED) is 0.488. The standard InChI is InChI=1S/C21H22N4O4/c1-14-13-25(21(22)24-14)23-12-15-9-10-17(27-2)18(11-15)29-19(20(26)28-3)16-7-5-4-6-8-16/h4-13,19H,1-3H3,(H2,22,24). The van der Waals surface area contributed by atoms with E-state index in [-0.39, 0.29) is 0 Å². The van der Waals surface area contributed by atoms with Crippen molar-refractivity contribution in [1.82, 2.24) is 9.66 Å². The van der Waals surface area contributed by atoms with Crippen LogP contribution in [-0.4, -0.2) is 36.1 Å². The van der Waals surface area contributed by atoms with E-state index in [0.29, 0.717) is 23.0 Å². The number of nitrogens with two attached hydrogens (primary N) is 1. The van der Waals surface area contributed by atoms with Crippen molar-refractivity contribution in [3.63, 3.8) is 0 Å². The van der Waals surface area contributed by atoms with Gasteiger partial charge in [-0.05, 0) is 30.7 Å². The third-order valence-corrected chi connectivity index (χ3v) is 4.12. The zero-order chi connectivity index (χ0) is 20.8. The van der Waals surface area contributed by atoms with Crippen molar-refractivity contribution in [2.24, 2.45) is 5.10 Å². The number of carbonyl (C=O) groups excluding carboxylic acids is 1. The van der Waals surface area contributed by atoms with Gasteiger partial charge in [0, 0.05) is 5.56 Å². The minimum absolute atomic E-state index is 0.290. The van der Waals surface area contributed by atoms with Gasteiger partial charge in [-0.15, -0.1) is 0 Å². The summed E-state index contributed by atoms with van der Waals surface area (Å²) in [4.78, 5) is 16.4. The fourth-order valence-electron chi connectivity index (χ4n) is 2.71. The lowest BCUT2D eigenvalue weighted by Gasteiger charge is -2.19. The second-order valence-electron chi connectivity index (χ2n) is 6.17. The van der Waals surface area contributed by atoms with E-state index in [9.17, 15) is 4.79 Å². The lowest BCUT2D eigenvalue weighted by atomic mass is 10.1. The van der Waals surface area contributed by atoms with Crippen molar-refractivity contribution < 1.29 is 19.0 Å². The molecule has 2 aromatic carbocycles. The normalized spacial score (nSPS) is 12.0. The van der Waals surface area contributed by atoms with Crippen LogP contribution in [0.25, 0.3) is 0 Å². The molecule has 0 aliphatic heterocycles. The number of hydrogen-bond donors (Lipinski definition) is 1. The zero-order valence-electron chi connectivity index (χ0n) is 16.4. The third kappa shape index (κ3) is 4.73. The maximum atomic E-state index is 12.3. The maximum absolute atomic E-state index is 12.3. The van der Waals surface area contributed by atoms with E-state index in [1.165, 1.54) is 18.9 Å². The molecule has 0 amide bonds. The van der Waals surface area contributed by atoms with Gasteiger partial charge in [-0.1, -0.05) is 30.3 Å². The van der Waals surface area contributed by atoms with Gasteiger partial charge in [0.25, 0.3) is 0 Å². The largest absolute Gasteiger partial charge is 0.493 e. The number of imidazole rings is 1. The van der Waals surface area contributed by atoms with E-state index in [1.807, 2.05) is 31.2 Å². The Morgan fingerprint density at radius 1 is 1.17 bits per heavy atom. The molecule has 3 rings (SSSR count). The first kappa shape index (κ1) is 19.9. The van der Waals surface area contributed by atoms with Gasteiger partial charge in [-0.3, -0.25) is 0 Å². The Bertz CT molecular complexity index is 1010. The molecule has 0 aliphatic rings. The van der Waals surface area contributed by atoms with Crippen LogP contribution in [0.15, 0.2) is 59.8 Å². The Morgan fingerprint density at radius 3 is 2.55 bits per heavy atom. The van der Waals surface area contributed by atoms with Crippen LogP contribution >= 0.6 is 0 Å². The summed E-state index contributed by atoms with van der Waals surface area (Å²) in [6, 6.07) is 14.4. The molecule has 150 valence electrons. The van der Waals surface area contributed by atoms with Crippen LogP contribution in [0, 0.1) is 6.92 Å². The van der Waals surface area contributed by atoms with Crippen molar-refractivity contribution in [1.29, 1.82) is 0 Å². The molecule has 29 heavy (non-hydrogen) atoms. The summed E-state index contributed by atoms with van der Waals surface area (Å²) >= 11 is 0. The molecule has 2 N–H and O–H groups in total. The first-order valence-corrected chi connectivity index (χ1v) is 8.85. The van der Waals surface area contributed by atoms with Crippen LogP contribution in [0.3, 0.4) is 0 Å². The second kappa shape index (κ2) is 8.92. The van der Waals surface area contributed by atoms with Gasteiger partial charge >= 0.3 is 5.97 Å². The van der Waals surface area contributed by atoms with Crippen molar-refractivity contribution in [3.05, 3.63) is 71.5 Å². The van der Waals surface area contributed by atoms with E-state index in [2.05, 4.69) is 10.1 Å². The summed E-state index contributed by atoms with van der Waals surface area (Å²) in [6.45, 7) is 1.83. The molecule has 8 nitrogen and oxygen atoms in total. The Hall–Kier alpha value is -3.81. The molecule has 0 spiro atoms. The first-order valence-electron chi connectivity index (χ1n) is 8.85. The van der Waals surface area contributed by atoms with Crippen LogP contribution in [-0.2, 0) is 9.53 Å². The predicted octanol–water partition coefficient (Wildman–Crippen LogP) is 2.96. The molecule has 1 aromatic heterocycles. The Labute approximate surface area is 168 Å². The maximum Gasteiger partial charge on any atom is 0.351 e. The number of benzene rings is 2. The number of hydrogen-bond acceptors (Lipinski definition) is 7. The molecule has 8 heteroatoms. The number of rotatable bonds is 7. The van der Waals surface area contributed by atoms with Crippen LogP contribution in [0.1, 0.15) is 22.9 Å². The van der Waals surface area contributed by atoms with Gasteiger partial charge < -0.3 is 19.9 Å². The number of aryl methyl sites for hydroxylation is 1. The van der Waals surface area contributed by atoms with Gasteiger partial charge in [0.15, 0.2) is 11.5 Å². The highest BCUT2D eigenvalue weighted by molar-refractivity contribution is 5.81. The smallest absolute Gasteiger partial charge is 0.351 e. The van der Waals surface area contributed by atoms with Gasteiger partial charge in [0.1, 0.15) is 0 Å². The number of esters is 1. The third-order valence-electron chi connectivity index (χ3n) is 4.12. The summed E-state index contributed by atoms with van der Waals surface area (Å²) in [5.41, 5.74) is 7.96. The lowest BCUT2D eigenvalue weighted by Crippen LogP contribution is -2.20. The van der Waals surface area contributed by atoms with Crippen LogP contribution < -0.4 is 15.2 Å². The topological polar surface area (TPSA) is 101 Å². The van der Waals surface area contributed by atoms with Crippen molar-refractivity contribution in [2.75, 3.05) is 20.0 Å². The molecule has 1 unspecified atom stereocenters. The van der Waals surface area contributed by atoms with Crippen LogP contribution in [0.4, 0.5) is 5.95 Å². The van der Waals surface area contributed by atoms with Crippen molar-refractivity contribution in [3.8, 4) is 11.5 Å². The van der Waals surface area contributed by atoms with E-state index in [4.69, 9.17) is 19.9 Å². The fourth-order valence-corrected chi connectivity index (χ4v) is 2.71. The zero-order valence-corrected chi connectivity index (χ0v) is 16.4. The fraction of sp³-hybridized carbons (Fsp3) is 0.190. The highest BCUT2D eigenvalue weighted by atomic mass is 16.6. The minimum atomic E-state index is -0.936. The van der Waals surface area contributed by atoms with E-state index < -0.39 is 12.1 Å². The van der Waals surface area contributed by atoms with Gasteiger partial charge in [0.05, 0.1) is 32.3 Å². The number of carbonyl (C=O) groups is 1. The molecule has 0 bridgehead atoms. The first-order chi connectivity index (χ1) is 14.0. The van der Waals surface area contributed by atoms with E-state index in [1.54, 1.807) is 36.7 Å². The van der Waals surface area contributed by atoms with E-state index in [0.717, 1.165) is 11.3 Å². The average Bonchev–Trinajstić information content (AvgIpc) is 3.07. The summed E-state index contributed by atoms with van der Waals surface area (Å²) in [7, 11) is 2.85. The highest BCUT2D eigenvalue weighted by Crippen LogP contribution is 2.32. The van der Waals surface area contributed by atoms with Gasteiger partial charge in [0.2, 0.25) is 12.1 Å². The second-order valence-corrected chi connectivity index (χ2v) is 6.17. The number of anilines is 1.